The minimum absolute atomic E-state index is 0.128. The van der Waals surface area contributed by atoms with E-state index in [4.69, 9.17) is 0 Å². The zero-order valence-corrected chi connectivity index (χ0v) is 20.7. The molecule has 1 heterocycles. The monoisotopic (exact) mass is 485 g/mol. The van der Waals surface area contributed by atoms with Crippen molar-refractivity contribution in [1.29, 1.82) is 0 Å². The zero-order chi connectivity index (χ0) is 24.8. The van der Waals surface area contributed by atoms with Crippen molar-refractivity contribution in [3.8, 4) is 5.69 Å². The molecule has 7 nitrogen and oxygen atoms in total. The third kappa shape index (κ3) is 6.16. The van der Waals surface area contributed by atoms with E-state index in [1.165, 1.54) is 17.3 Å². The average molecular weight is 486 g/mol. The Morgan fingerprint density at radius 2 is 1.66 bits per heavy atom. The van der Waals surface area contributed by atoms with Crippen LogP contribution in [0, 0.1) is 20.8 Å². The number of nitrogens with one attached hydrogen (secondary N) is 2. The summed E-state index contributed by atoms with van der Waals surface area (Å²) < 4.78 is 1.93. The van der Waals surface area contributed by atoms with Crippen molar-refractivity contribution in [3.05, 3.63) is 101 Å². The summed E-state index contributed by atoms with van der Waals surface area (Å²) in [4.78, 5) is 25.6. The van der Waals surface area contributed by atoms with Crippen molar-refractivity contribution in [1.82, 2.24) is 20.1 Å². The van der Waals surface area contributed by atoms with Crippen molar-refractivity contribution in [2.75, 3.05) is 11.1 Å². The molecule has 3 aromatic carbocycles. The number of hydrogen-bond acceptors (Lipinski definition) is 5. The van der Waals surface area contributed by atoms with Gasteiger partial charge in [0.25, 0.3) is 5.91 Å². The fourth-order valence-corrected chi connectivity index (χ4v) is 4.39. The lowest BCUT2D eigenvalue weighted by molar-refractivity contribution is -0.113. The van der Waals surface area contributed by atoms with Crippen molar-refractivity contribution < 1.29 is 9.59 Å². The first-order valence-corrected chi connectivity index (χ1v) is 12.2. The van der Waals surface area contributed by atoms with Crippen LogP contribution in [0.2, 0.25) is 0 Å². The molecule has 0 saturated heterocycles. The van der Waals surface area contributed by atoms with Gasteiger partial charge in [0, 0.05) is 12.2 Å². The van der Waals surface area contributed by atoms with Crippen molar-refractivity contribution in [3.63, 3.8) is 0 Å². The number of aromatic nitrogens is 3. The number of nitrogens with zero attached hydrogens (tertiary/aromatic N) is 3. The van der Waals surface area contributed by atoms with Crippen molar-refractivity contribution in [2.24, 2.45) is 0 Å². The molecule has 8 heteroatoms. The van der Waals surface area contributed by atoms with E-state index in [9.17, 15) is 9.59 Å². The number of thioether (sulfide) groups is 1. The normalized spacial score (nSPS) is 10.7. The van der Waals surface area contributed by atoms with Crippen LogP contribution in [0.1, 0.15) is 32.9 Å². The molecule has 0 aliphatic rings. The number of hydrogen-bond donors (Lipinski definition) is 2. The van der Waals surface area contributed by atoms with Crippen LogP contribution in [0.4, 0.5) is 5.69 Å². The molecule has 0 spiro atoms. The van der Waals surface area contributed by atoms with E-state index in [0.717, 1.165) is 22.6 Å². The lowest BCUT2D eigenvalue weighted by atomic mass is 10.1. The molecule has 0 unspecified atom stereocenters. The average Bonchev–Trinajstić information content (AvgIpc) is 3.22. The van der Waals surface area contributed by atoms with E-state index in [2.05, 4.69) is 20.8 Å². The largest absolute Gasteiger partial charge is 0.348 e. The molecule has 0 aliphatic heterocycles. The molecule has 2 N–H and O–H groups in total. The summed E-state index contributed by atoms with van der Waals surface area (Å²) in [6.45, 7) is 6.33. The van der Waals surface area contributed by atoms with E-state index < -0.39 is 0 Å². The Morgan fingerprint density at radius 3 is 2.43 bits per heavy atom. The minimum Gasteiger partial charge on any atom is -0.348 e. The van der Waals surface area contributed by atoms with E-state index in [0.29, 0.717) is 23.0 Å². The number of rotatable bonds is 8. The summed E-state index contributed by atoms with van der Waals surface area (Å²) >= 11 is 1.30. The third-order valence-electron chi connectivity index (χ3n) is 5.41. The maximum absolute atomic E-state index is 12.8. The second kappa shape index (κ2) is 11.0. The molecule has 0 bridgehead atoms. The fraction of sp³-hybridized carbons (Fsp3) is 0.185. The zero-order valence-electron chi connectivity index (χ0n) is 19.9. The maximum atomic E-state index is 12.8. The molecule has 0 fully saturated rings. The minimum atomic E-state index is -0.246. The van der Waals surface area contributed by atoms with Gasteiger partial charge in [-0.05, 0) is 56.2 Å². The Morgan fingerprint density at radius 1 is 0.886 bits per heavy atom. The molecule has 4 aromatic rings. The Hall–Kier alpha value is -3.91. The van der Waals surface area contributed by atoms with Gasteiger partial charge >= 0.3 is 0 Å². The second-order valence-electron chi connectivity index (χ2n) is 8.25. The van der Waals surface area contributed by atoms with Gasteiger partial charge in [-0.25, -0.2) is 0 Å². The fourth-order valence-electron chi connectivity index (χ4n) is 3.59. The Balaban J connectivity index is 1.40. The Bertz CT molecular complexity index is 1350. The molecular formula is C27H27N5O2S. The highest BCUT2D eigenvalue weighted by Crippen LogP contribution is 2.23. The molecule has 0 saturated carbocycles. The van der Waals surface area contributed by atoms with E-state index in [1.54, 1.807) is 24.3 Å². The number of para-hydroxylation sites is 1. The van der Waals surface area contributed by atoms with Gasteiger partial charge in [0.15, 0.2) is 5.16 Å². The van der Waals surface area contributed by atoms with Gasteiger partial charge in [0.2, 0.25) is 5.91 Å². The maximum Gasteiger partial charge on any atom is 0.253 e. The van der Waals surface area contributed by atoms with E-state index >= 15 is 0 Å². The van der Waals surface area contributed by atoms with Gasteiger partial charge in [-0.3, -0.25) is 14.2 Å². The lowest BCUT2D eigenvalue weighted by Gasteiger charge is -2.12. The molecule has 178 valence electrons. The van der Waals surface area contributed by atoms with Crippen LogP contribution in [0.3, 0.4) is 0 Å². The van der Waals surface area contributed by atoms with Crippen LogP contribution in [0.15, 0.2) is 78.0 Å². The number of carbonyl (C=O) groups is 2. The second-order valence-corrected chi connectivity index (χ2v) is 9.20. The van der Waals surface area contributed by atoms with Gasteiger partial charge in [-0.15, -0.1) is 10.2 Å². The summed E-state index contributed by atoms with van der Waals surface area (Å²) in [5.74, 6) is 0.395. The topological polar surface area (TPSA) is 88.9 Å². The quantitative estimate of drug-likeness (QED) is 0.348. The summed E-state index contributed by atoms with van der Waals surface area (Å²) in [5, 5.41) is 14.8. The Kier molecular flexibility index (Phi) is 7.62. The summed E-state index contributed by atoms with van der Waals surface area (Å²) in [6.07, 6.45) is 0. The Labute approximate surface area is 209 Å². The lowest BCUT2D eigenvalue weighted by Crippen LogP contribution is -2.25. The van der Waals surface area contributed by atoms with Gasteiger partial charge in [0.05, 0.1) is 17.0 Å². The van der Waals surface area contributed by atoms with Gasteiger partial charge in [0.1, 0.15) is 5.82 Å². The van der Waals surface area contributed by atoms with Crippen LogP contribution in [-0.2, 0) is 11.3 Å². The summed E-state index contributed by atoms with van der Waals surface area (Å²) in [5.41, 5.74) is 5.13. The molecule has 0 atom stereocenters. The smallest absolute Gasteiger partial charge is 0.253 e. The van der Waals surface area contributed by atoms with Crippen molar-refractivity contribution in [2.45, 2.75) is 32.5 Å². The predicted octanol–water partition coefficient (Wildman–Crippen LogP) is 4.85. The van der Waals surface area contributed by atoms with Crippen LogP contribution in [0.25, 0.3) is 5.69 Å². The summed E-state index contributed by atoms with van der Waals surface area (Å²) in [7, 11) is 0. The number of carbonyl (C=O) groups excluding carboxylic acids is 2. The van der Waals surface area contributed by atoms with Gasteiger partial charge in [-0.1, -0.05) is 65.9 Å². The standard InChI is InChI=1S/C27H27N5O2S/c1-18-11-13-21(14-12-18)16-28-26(34)23-9-4-5-10-24(23)29-25(33)17-35-27-31-30-20(3)32(27)22-8-6-7-19(2)15-22/h4-15H,16-17H2,1-3H3,(H,28,34)(H,29,33). The van der Waals surface area contributed by atoms with Gasteiger partial charge in [-0.2, -0.15) is 0 Å². The van der Waals surface area contributed by atoms with E-state index in [-0.39, 0.29) is 17.6 Å². The molecule has 1 aromatic heterocycles. The highest BCUT2D eigenvalue weighted by molar-refractivity contribution is 7.99. The van der Waals surface area contributed by atoms with Gasteiger partial charge < -0.3 is 10.6 Å². The highest BCUT2D eigenvalue weighted by Gasteiger charge is 2.16. The highest BCUT2D eigenvalue weighted by atomic mass is 32.2. The molecule has 4 rings (SSSR count). The predicted molar refractivity (Wildman–Crippen MR) is 139 cm³/mol. The van der Waals surface area contributed by atoms with Crippen LogP contribution >= 0.6 is 11.8 Å². The third-order valence-corrected chi connectivity index (χ3v) is 6.34. The number of benzene rings is 3. The number of anilines is 1. The first-order chi connectivity index (χ1) is 16.9. The van der Waals surface area contributed by atoms with Crippen molar-refractivity contribution >= 4 is 29.3 Å². The van der Waals surface area contributed by atoms with E-state index in [1.807, 2.05) is 73.9 Å². The molecular weight excluding hydrogens is 458 g/mol. The van der Waals surface area contributed by atoms with Crippen LogP contribution in [0.5, 0.6) is 0 Å². The van der Waals surface area contributed by atoms with Crippen LogP contribution in [-0.4, -0.2) is 32.3 Å². The molecule has 0 aliphatic carbocycles. The molecule has 35 heavy (non-hydrogen) atoms. The first kappa shape index (κ1) is 24.2. The summed E-state index contributed by atoms with van der Waals surface area (Å²) in [6, 6.07) is 23.0. The number of amides is 2. The SMILES string of the molecule is Cc1ccc(CNC(=O)c2ccccc2NC(=O)CSc2nnc(C)n2-c2cccc(C)c2)cc1. The van der Waals surface area contributed by atoms with Crippen LogP contribution < -0.4 is 10.6 Å². The first-order valence-electron chi connectivity index (χ1n) is 11.2. The molecule has 2 amide bonds. The molecule has 0 radical (unpaired) electrons. The number of aryl methyl sites for hydroxylation is 3.